The number of aliphatic hydroxyl groups is 2. The van der Waals surface area contributed by atoms with Crippen molar-refractivity contribution in [2.24, 2.45) is 0 Å². The summed E-state index contributed by atoms with van der Waals surface area (Å²) in [7, 11) is 0. The highest BCUT2D eigenvalue weighted by molar-refractivity contribution is 7.10. The molecule has 10 heteroatoms. The van der Waals surface area contributed by atoms with Crippen LogP contribution in [-0.4, -0.2) is 58.1 Å². The van der Waals surface area contributed by atoms with Crippen LogP contribution in [-0.2, 0) is 14.3 Å². The third-order valence-electron chi connectivity index (χ3n) is 4.42. The molecule has 3 rings (SSSR count). The van der Waals surface area contributed by atoms with Crippen LogP contribution < -0.4 is 0 Å². The highest BCUT2D eigenvalue weighted by Crippen LogP contribution is 2.40. The van der Waals surface area contributed by atoms with E-state index in [9.17, 15) is 24.8 Å². The fraction of sp³-hybridized carbons (Fsp3) is 0.263. The summed E-state index contributed by atoms with van der Waals surface area (Å²) in [5.41, 5.74) is -0.0296. The van der Waals surface area contributed by atoms with Crippen molar-refractivity contribution in [1.29, 1.82) is 0 Å². The summed E-state index contributed by atoms with van der Waals surface area (Å²) in [6, 6.07) is 7.83. The Labute approximate surface area is 169 Å². The molecule has 1 aliphatic heterocycles. The predicted molar refractivity (Wildman–Crippen MR) is 104 cm³/mol. The van der Waals surface area contributed by atoms with Crippen LogP contribution in [0.1, 0.15) is 16.5 Å². The summed E-state index contributed by atoms with van der Waals surface area (Å²) in [4.78, 5) is 37.6. The van der Waals surface area contributed by atoms with Crippen LogP contribution in [0.4, 0.5) is 5.69 Å². The maximum atomic E-state index is 12.7. The number of non-ortho nitro benzene ring substituents is 1. The molecule has 1 aliphatic rings. The molecule has 0 spiro atoms. The fourth-order valence-electron chi connectivity index (χ4n) is 3.08. The number of nitro groups is 1. The number of likely N-dealkylation sites (tertiary alicyclic amines) is 1. The molecule has 152 valence electrons. The summed E-state index contributed by atoms with van der Waals surface area (Å²) >= 11 is 1.33. The van der Waals surface area contributed by atoms with Gasteiger partial charge in [0.05, 0.1) is 36.4 Å². The molecule has 2 heterocycles. The number of ether oxygens (including phenoxy) is 1. The molecule has 1 amide bonds. The number of carbonyl (C=O) groups is 2. The smallest absolute Gasteiger partial charge is 0.295 e. The van der Waals surface area contributed by atoms with Crippen molar-refractivity contribution < 1.29 is 29.5 Å². The van der Waals surface area contributed by atoms with Gasteiger partial charge in [-0.3, -0.25) is 19.7 Å². The Morgan fingerprint density at radius 1 is 1.21 bits per heavy atom. The van der Waals surface area contributed by atoms with Crippen LogP contribution in [0.3, 0.4) is 0 Å². The van der Waals surface area contributed by atoms with Crippen molar-refractivity contribution in [3.8, 4) is 0 Å². The third kappa shape index (κ3) is 4.19. The van der Waals surface area contributed by atoms with Gasteiger partial charge < -0.3 is 19.8 Å². The Morgan fingerprint density at radius 3 is 2.52 bits per heavy atom. The molecule has 9 nitrogen and oxygen atoms in total. The number of thiophene rings is 1. The number of rotatable bonds is 8. The van der Waals surface area contributed by atoms with E-state index < -0.39 is 28.4 Å². The van der Waals surface area contributed by atoms with Gasteiger partial charge in [0.15, 0.2) is 0 Å². The minimum Gasteiger partial charge on any atom is -0.507 e. The molecular formula is C19H18N2O7S. The lowest BCUT2D eigenvalue weighted by Crippen LogP contribution is -2.32. The number of carbonyl (C=O) groups excluding carboxylic acids is 2. The average molecular weight is 418 g/mol. The van der Waals surface area contributed by atoms with Crippen molar-refractivity contribution in [1.82, 2.24) is 4.90 Å². The average Bonchev–Trinajstić information content (AvgIpc) is 3.33. The Morgan fingerprint density at radius 2 is 1.93 bits per heavy atom. The molecule has 0 saturated carbocycles. The molecule has 2 N–H and O–H groups in total. The van der Waals surface area contributed by atoms with E-state index in [1.165, 1.54) is 40.5 Å². The monoisotopic (exact) mass is 418 g/mol. The number of Topliss-reactive ketones (excluding diaryl/α,β-unsaturated/α-hetero) is 1. The molecule has 1 aromatic heterocycles. The van der Waals surface area contributed by atoms with E-state index in [1.807, 2.05) is 0 Å². The molecule has 1 saturated heterocycles. The first-order valence-corrected chi connectivity index (χ1v) is 9.59. The van der Waals surface area contributed by atoms with Crippen LogP contribution in [0.5, 0.6) is 0 Å². The quantitative estimate of drug-likeness (QED) is 0.168. The van der Waals surface area contributed by atoms with Gasteiger partial charge in [-0.05, 0) is 23.6 Å². The number of amides is 1. The van der Waals surface area contributed by atoms with Crippen molar-refractivity contribution in [3.05, 3.63) is 67.9 Å². The van der Waals surface area contributed by atoms with Crippen molar-refractivity contribution in [2.75, 3.05) is 26.4 Å². The van der Waals surface area contributed by atoms with E-state index in [0.717, 1.165) is 0 Å². The number of benzene rings is 1. The van der Waals surface area contributed by atoms with Gasteiger partial charge in [-0.1, -0.05) is 6.07 Å². The Bertz CT molecular complexity index is 938. The lowest BCUT2D eigenvalue weighted by Gasteiger charge is -2.23. The zero-order valence-electron chi connectivity index (χ0n) is 15.2. The molecule has 0 aliphatic carbocycles. The number of ketones is 1. The highest BCUT2D eigenvalue weighted by Gasteiger charge is 2.46. The number of hydrogen-bond donors (Lipinski definition) is 2. The van der Waals surface area contributed by atoms with Crippen molar-refractivity contribution in [2.45, 2.75) is 6.04 Å². The van der Waals surface area contributed by atoms with Crippen LogP contribution in [0.2, 0.25) is 0 Å². The second kappa shape index (κ2) is 8.95. The molecule has 1 atom stereocenters. The molecule has 1 unspecified atom stereocenters. The molecule has 0 radical (unpaired) electrons. The summed E-state index contributed by atoms with van der Waals surface area (Å²) < 4.78 is 5.22. The van der Waals surface area contributed by atoms with Crippen molar-refractivity contribution in [3.63, 3.8) is 0 Å². The van der Waals surface area contributed by atoms with E-state index in [1.54, 1.807) is 17.5 Å². The van der Waals surface area contributed by atoms with E-state index in [-0.39, 0.29) is 43.2 Å². The molecular weight excluding hydrogens is 400 g/mol. The molecule has 1 aromatic carbocycles. The number of nitrogens with zero attached hydrogens (tertiary/aromatic N) is 2. The van der Waals surface area contributed by atoms with Crippen LogP contribution >= 0.6 is 11.3 Å². The van der Waals surface area contributed by atoms with Gasteiger partial charge >= 0.3 is 0 Å². The SMILES string of the molecule is O=C1C(=O)N(CCOCCO)C(c2cccs2)/C1=C(\O)c1ccc([N+](=O)[O-])cc1. The summed E-state index contributed by atoms with van der Waals surface area (Å²) in [5.74, 6) is -1.99. The zero-order chi connectivity index (χ0) is 21.0. The van der Waals surface area contributed by atoms with Gasteiger partial charge in [0.2, 0.25) is 0 Å². The molecule has 1 fully saturated rings. The van der Waals surface area contributed by atoms with E-state index in [0.29, 0.717) is 4.88 Å². The first-order chi connectivity index (χ1) is 14.0. The van der Waals surface area contributed by atoms with Gasteiger partial charge in [0.1, 0.15) is 5.76 Å². The third-order valence-corrected chi connectivity index (χ3v) is 5.34. The van der Waals surface area contributed by atoms with Crippen LogP contribution in [0.25, 0.3) is 5.76 Å². The second-order valence-electron chi connectivity index (χ2n) is 6.15. The maximum Gasteiger partial charge on any atom is 0.295 e. The van der Waals surface area contributed by atoms with E-state index in [2.05, 4.69) is 0 Å². The number of hydrogen-bond acceptors (Lipinski definition) is 8. The molecule has 0 bridgehead atoms. The van der Waals surface area contributed by atoms with Gasteiger partial charge in [-0.15, -0.1) is 11.3 Å². The molecule has 2 aromatic rings. The van der Waals surface area contributed by atoms with E-state index in [4.69, 9.17) is 9.84 Å². The first-order valence-electron chi connectivity index (χ1n) is 8.71. The van der Waals surface area contributed by atoms with Crippen LogP contribution in [0.15, 0.2) is 47.4 Å². The zero-order valence-corrected chi connectivity index (χ0v) is 16.0. The van der Waals surface area contributed by atoms with Crippen LogP contribution in [0, 0.1) is 10.1 Å². The first kappa shape index (κ1) is 20.6. The summed E-state index contributed by atoms with van der Waals surface area (Å²) in [6.45, 7) is 0.168. The Hall–Kier alpha value is -3.08. The minimum atomic E-state index is -0.832. The Kier molecular flexibility index (Phi) is 6.37. The minimum absolute atomic E-state index is 0.0755. The lowest BCUT2D eigenvalue weighted by molar-refractivity contribution is -0.384. The van der Waals surface area contributed by atoms with Gasteiger partial charge in [0.25, 0.3) is 17.4 Å². The lowest BCUT2D eigenvalue weighted by atomic mass is 10.00. The van der Waals surface area contributed by atoms with Gasteiger partial charge in [-0.2, -0.15) is 0 Å². The summed E-state index contributed by atoms with van der Waals surface area (Å²) in [6.07, 6.45) is 0. The largest absolute Gasteiger partial charge is 0.507 e. The van der Waals surface area contributed by atoms with Crippen molar-refractivity contribution >= 4 is 34.5 Å². The summed E-state index contributed by atoms with van der Waals surface area (Å²) in [5, 5.41) is 32.2. The predicted octanol–water partition coefficient (Wildman–Crippen LogP) is 2.09. The topological polar surface area (TPSA) is 130 Å². The second-order valence-corrected chi connectivity index (χ2v) is 7.13. The highest BCUT2D eigenvalue weighted by atomic mass is 32.1. The fourth-order valence-corrected chi connectivity index (χ4v) is 3.92. The van der Waals surface area contributed by atoms with Gasteiger partial charge in [0, 0.05) is 29.1 Å². The Balaban J connectivity index is 2.00. The number of nitro benzene ring substituents is 1. The molecule has 29 heavy (non-hydrogen) atoms. The standard InChI is InChI=1S/C19H18N2O7S/c22-8-10-28-9-7-20-16(14-2-1-11-29-14)15(18(24)19(20)25)17(23)12-3-5-13(6-4-12)21(26)27/h1-6,11,16,22-23H,7-10H2/b17-15+. The van der Waals surface area contributed by atoms with Gasteiger partial charge in [-0.25, -0.2) is 0 Å². The normalized spacial score (nSPS) is 18.4. The maximum absolute atomic E-state index is 12.7. The number of aliphatic hydroxyl groups excluding tert-OH is 2. The van der Waals surface area contributed by atoms with E-state index >= 15 is 0 Å².